The van der Waals surface area contributed by atoms with Crippen molar-refractivity contribution in [2.75, 3.05) is 0 Å². The Kier molecular flexibility index (Phi) is 6.02. The molecule has 0 aromatic heterocycles. The number of nitrogens with zero attached hydrogens (tertiary/aromatic N) is 2. The zero-order valence-electron chi connectivity index (χ0n) is 5.49. The molecule has 0 aliphatic rings. The number of nitriles is 2. The summed E-state index contributed by atoms with van der Waals surface area (Å²) < 4.78 is 30.9. The molecule has 0 atom stereocenters. The van der Waals surface area contributed by atoms with E-state index in [1.54, 1.807) is 0 Å². The van der Waals surface area contributed by atoms with Crippen molar-refractivity contribution in [2.24, 2.45) is 0 Å². The molecule has 0 aromatic carbocycles. The maximum absolute atomic E-state index is 11.6. The molecule has 0 aromatic rings. The highest BCUT2D eigenvalue weighted by molar-refractivity contribution is 7.87. The third-order valence-electron chi connectivity index (χ3n) is 0.516. The molecule has 11 heavy (non-hydrogen) atoms. The van der Waals surface area contributed by atoms with Crippen LogP contribution in [0.25, 0.3) is 0 Å². The van der Waals surface area contributed by atoms with Crippen LogP contribution >= 0.6 is 0 Å². The summed E-state index contributed by atoms with van der Waals surface area (Å²) in [7, 11) is -4.99. The molecule has 0 heterocycles. The first-order chi connectivity index (χ1) is 5.02. The van der Waals surface area contributed by atoms with Gasteiger partial charge in [0.15, 0.2) is 0 Å². The van der Waals surface area contributed by atoms with Gasteiger partial charge in [-0.2, -0.15) is 18.9 Å². The maximum Gasteiger partial charge on any atom is 0.332 e. The van der Waals surface area contributed by atoms with Crippen LogP contribution in [0.5, 0.6) is 0 Å². The van der Waals surface area contributed by atoms with Crippen molar-refractivity contribution >= 4 is 10.2 Å². The van der Waals surface area contributed by atoms with Gasteiger partial charge in [-0.05, 0) is 0 Å². The summed E-state index contributed by atoms with van der Waals surface area (Å²) in [5.41, 5.74) is 0. The van der Waals surface area contributed by atoms with Crippen molar-refractivity contribution in [1.29, 1.82) is 10.5 Å². The summed E-state index contributed by atoms with van der Waals surface area (Å²) in [5, 5.41) is 13.4. The Bertz CT molecular complexity index is 271. The van der Waals surface area contributed by atoms with E-state index in [4.69, 9.17) is 10.5 Å². The lowest BCUT2D eigenvalue weighted by Crippen LogP contribution is -2.10. The molecule has 0 saturated heterocycles. The Hall–Kier alpha value is -1.40. The largest absolute Gasteiger partial charge is 0.332 e. The van der Waals surface area contributed by atoms with Gasteiger partial charge >= 0.3 is 10.2 Å². The molecule has 0 amide bonds. The molecule has 0 radical (unpaired) electrons. The van der Waals surface area contributed by atoms with Crippen LogP contribution in [-0.4, -0.2) is 13.7 Å². The summed E-state index contributed by atoms with van der Waals surface area (Å²) in [5.74, 6) is 0. The zero-order valence-corrected chi connectivity index (χ0v) is 6.31. The number of hydrogen-bond donors (Lipinski definition) is 0. The fraction of sp³-hybridized carbons (Fsp3) is 0.200. The highest BCUT2D eigenvalue weighted by atomic mass is 32.3. The summed E-state index contributed by atoms with van der Waals surface area (Å²) >= 11 is 0. The lowest BCUT2D eigenvalue weighted by atomic mass is 10.5. The molecule has 6 heteroatoms. The predicted octanol–water partition coefficient (Wildman–Crippen LogP) is 0.504. The lowest BCUT2D eigenvalue weighted by molar-refractivity contribution is 0.551. The standard InChI is InChI=1S/C3HFN2O2S.C2H4/c4-9(7,8)3(1-5)2-6;1-2/h3H;1-2H2. The highest BCUT2D eigenvalue weighted by Crippen LogP contribution is 1.99. The van der Waals surface area contributed by atoms with Gasteiger partial charge in [-0.25, -0.2) is 0 Å². The van der Waals surface area contributed by atoms with Crippen molar-refractivity contribution in [3.63, 3.8) is 0 Å². The number of hydrogen-bond acceptors (Lipinski definition) is 4. The topological polar surface area (TPSA) is 81.7 Å². The lowest BCUT2D eigenvalue weighted by Gasteiger charge is -1.86. The van der Waals surface area contributed by atoms with Crippen LogP contribution in [0.4, 0.5) is 3.89 Å². The van der Waals surface area contributed by atoms with E-state index in [2.05, 4.69) is 13.2 Å². The van der Waals surface area contributed by atoms with Gasteiger partial charge in [0.05, 0.1) is 0 Å². The molecule has 0 unspecified atom stereocenters. The van der Waals surface area contributed by atoms with E-state index in [1.807, 2.05) is 0 Å². The van der Waals surface area contributed by atoms with Crippen LogP contribution < -0.4 is 0 Å². The average molecular weight is 176 g/mol. The average Bonchev–Trinajstić information content (AvgIpc) is 1.92. The Morgan fingerprint density at radius 3 is 1.55 bits per heavy atom. The van der Waals surface area contributed by atoms with Gasteiger partial charge in [0.1, 0.15) is 12.1 Å². The third kappa shape index (κ3) is 5.07. The van der Waals surface area contributed by atoms with Gasteiger partial charge in [-0.3, -0.25) is 0 Å². The van der Waals surface area contributed by atoms with Crippen LogP contribution in [0, 0.1) is 22.7 Å². The summed E-state index contributed by atoms with van der Waals surface area (Å²) in [6.45, 7) is 6.00. The van der Waals surface area contributed by atoms with E-state index < -0.39 is 15.5 Å². The van der Waals surface area contributed by atoms with Crippen molar-refractivity contribution in [3.05, 3.63) is 13.2 Å². The van der Waals surface area contributed by atoms with E-state index in [-0.39, 0.29) is 0 Å². The predicted molar refractivity (Wildman–Crippen MR) is 36.3 cm³/mol. The fourth-order valence-electron chi connectivity index (χ4n) is 0.155. The first-order valence-electron chi connectivity index (χ1n) is 2.25. The highest BCUT2D eigenvalue weighted by Gasteiger charge is 2.23. The fourth-order valence-corrected chi connectivity index (χ4v) is 0.407. The zero-order chi connectivity index (χ0) is 9.49. The van der Waals surface area contributed by atoms with Crippen LogP contribution in [0.2, 0.25) is 0 Å². The maximum atomic E-state index is 11.6. The number of rotatable bonds is 1. The molecular weight excluding hydrogens is 171 g/mol. The van der Waals surface area contributed by atoms with Crippen LogP contribution in [0.15, 0.2) is 13.2 Å². The quantitative estimate of drug-likeness (QED) is 0.430. The molecule has 0 bridgehead atoms. The van der Waals surface area contributed by atoms with Gasteiger partial charge in [0, 0.05) is 0 Å². The van der Waals surface area contributed by atoms with Crippen LogP contribution in [0.1, 0.15) is 0 Å². The first-order valence-corrected chi connectivity index (χ1v) is 3.69. The summed E-state index contributed by atoms with van der Waals surface area (Å²) in [6, 6.07) is 1.94. The van der Waals surface area contributed by atoms with Crippen molar-refractivity contribution in [3.8, 4) is 12.1 Å². The Balaban J connectivity index is 0. The smallest absolute Gasteiger partial charge is 0.196 e. The second-order valence-corrected chi connectivity index (χ2v) is 2.54. The molecule has 0 rings (SSSR count). The van der Waals surface area contributed by atoms with Crippen LogP contribution in [-0.2, 0) is 10.2 Å². The van der Waals surface area contributed by atoms with Crippen molar-refractivity contribution < 1.29 is 12.3 Å². The third-order valence-corrected chi connectivity index (χ3v) is 1.29. The second-order valence-electron chi connectivity index (χ2n) is 1.11. The molecule has 0 spiro atoms. The van der Waals surface area contributed by atoms with E-state index in [9.17, 15) is 12.3 Å². The molecule has 0 fully saturated rings. The van der Waals surface area contributed by atoms with Gasteiger partial charge in [-0.15, -0.1) is 17.0 Å². The Morgan fingerprint density at radius 2 is 1.55 bits per heavy atom. The molecule has 0 aliphatic heterocycles. The van der Waals surface area contributed by atoms with E-state index in [0.717, 1.165) is 12.1 Å². The molecule has 0 aliphatic carbocycles. The SMILES string of the molecule is C=C.N#CC(C#N)S(=O)(=O)F. The normalized spacial score (nSPS) is 8.73. The van der Waals surface area contributed by atoms with Gasteiger partial charge in [-0.1, -0.05) is 0 Å². The Morgan fingerprint density at radius 1 is 1.27 bits per heavy atom. The number of halogens is 1. The van der Waals surface area contributed by atoms with Crippen LogP contribution in [0.3, 0.4) is 0 Å². The van der Waals surface area contributed by atoms with Crippen molar-refractivity contribution in [1.82, 2.24) is 0 Å². The van der Waals surface area contributed by atoms with Gasteiger partial charge < -0.3 is 0 Å². The molecule has 60 valence electrons. The minimum Gasteiger partial charge on any atom is -0.196 e. The van der Waals surface area contributed by atoms with E-state index >= 15 is 0 Å². The monoisotopic (exact) mass is 176 g/mol. The second kappa shape index (κ2) is 5.39. The summed E-state index contributed by atoms with van der Waals surface area (Å²) in [6.07, 6.45) is 0. The molecule has 4 nitrogen and oxygen atoms in total. The van der Waals surface area contributed by atoms with E-state index in [1.165, 1.54) is 0 Å². The molecule has 0 saturated carbocycles. The summed E-state index contributed by atoms with van der Waals surface area (Å²) in [4.78, 5) is 0. The van der Waals surface area contributed by atoms with Crippen molar-refractivity contribution in [2.45, 2.75) is 5.25 Å². The molecular formula is C5H5FN2O2S. The van der Waals surface area contributed by atoms with Gasteiger partial charge in [0.25, 0.3) is 5.25 Å². The minimum absolute atomic E-state index is 0.968. The van der Waals surface area contributed by atoms with E-state index in [0.29, 0.717) is 0 Å². The van der Waals surface area contributed by atoms with Gasteiger partial charge in [0.2, 0.25) is 0 Å². The molecule has 0 N–H and O–H groups in total. The first kappa shape index (κ1) is 12.3. The Labute approximate surface area is 64.4 Å². The minimum atomic E-state index is -4.99.